The first-order valence-electron chi connectivity index (χ1n) is 15.5. The van der Waals surface area contributed by atoms with Gasteiger partial charge in [0.15, 0.2) is 5.65 Å². The summed E-state index contributed by atoms with van der Waals surface area (Å²) in [5.74, 6) is 0.888. The Morgan fingerprint density at radius 1 is 0.956 bits per heavy atom. The van der Waals surface area contributed by atoms with Crippen LogP contribution in [0.1, 0.15) is 66.9 Å². The zero-order valence-electron chi connectivity index (χ0n) is 24.8. The highest BCUT2D eigenvalue weighted by Gasteiger charge is 2.29. The monoisotopic (exact) mass is 644 g/mol. The first-order chi connectivity index (χ1) is 21.9. The van der Waals surface area contributed by atoms with Crippen LogP contribution in [0.4, 0.5) is 0 Å². The van der Waals surface area contributed by atoms with Crippen molar-refractivity contribution in [1.29, 1.82) is 0 Å². The molecule has 11 heteroatoms. The van der Waals surface area contributed by atoms with Crippen LogP contribution in [0.5, 0.6) is 11.6 Å². The van der Waals surface area contributed by atoms with E-state index >= 15 is 0 Å². The van der Waals surface area contributed by atoms with Crippen LogP contribution in [0.25, 0.3) is 22.1 Å². The Morgan fingerprint density at radius 2 is 1.71 bits per heavy atom. The van der Waals surface area contributed by atoms with Gasteiger partial charge in [0.2, 0.25) is 5.88 Å². The van der Waals surface area contributed by atoms with Crippen LogP contribution in [0, 0.1) is 0 Å². The number of carbonyl (C=O) groups is 1. The van der Waals surface area contributed by atoms with Crippen molar-refractivity contribution in [3.63, 3.8) is 0 Å². The van der Waals surface area contributed by atoms with Gasteiger partial charge in [-0.3, -0.25) is 18.9 Å². The number of carbonyl (C=O) groups excluding carboxylic acids is 1. The summed E-state index contributed by atoms with van der Waals surface area (Å²) in [6, 6.07) is 16.3. The van der Waals surface area contributed by atoms with Crippen molar-refractivity contribution in [3.05, 3.63) is 92.5 Å². The number of amides is 1. The molecular weight excluding hydrogens is 611 g/mol. The van der Waals surface area contributed by atoms with Crippen LogP contribution < -0.4 is 16.2 Å². The van der Waals surface area contributed by atoms with Crippen molar-refractivity contribution in [1.82, 2.24) is 24.0 Å². The predicted octanol–water partition coefficient (Wildman–Crippen LogP) is 6.96. The van der Waals surface area contributed by atoms with Gasteiger partial charge in [-0.1, -0.05) is 29.3 Å². The number of likely N-dealkylation sites (tertiary alicyclic amines) is 1. The van der Waals surface area contributed by atoms with Gasteiger partial charge in [0, 0.05) is 36.9 Å². The van der Waals surface area contributed by atoms with E-state index in [1.54, 1.807) is 47.2 Å². The standard InChI is InChI=1S/C34H34Cl2N6O3/c35-27-15-6-21(19-28(27)36)20-41-31-30(42(34(41)44)24-11-9-23(37)10-12-24)29-26(5-4-16-38-29)32(39-31)45-25-13-7-22(8-14-25)33(43)40-17-2-1-3-18-40/h4-8,13-16,19,23-24H,1-3,9-12,17-18,20,37H2. The Bertz CT molecular complexity index is 1940. The Hall–Kier alpha value is -3.92. The maximum Gasteiger partial charge on any atom is 0.330 e. The molecule has 45 heavy (non-hydrogen) atoms. The number of imidazole rings is 1. The lowest BCUT2D eigenvalue weighted by Gasteiger charge is -2.27. The molecule has 232 valence electrons. The topological polar surface area (TPSA) is 108 Å². The van der Waals surface area contributed by atoms with Crippen LogP contribution in [0.15, 0.2) is 65.6 Å². The van der Waals surface area contributed by atoms with E-state index in [4.69, 9.17) is 43.6 Å². The van der Waals surface area contributed by atoms with Crippen molar-refractivity contribution < 1.29 is 9.53 Å². The van der Waals surface area contributed by atoms with Gasteiger partial charge < -0.3 is 15.4 Å². The van der Waals surface area contributed by atoms with E-state index in [9.17, 15) is 9.59 Å². The fraction of sp³-hybridized carbons (Fsp3) is 0.353. The number of piperidine rings is 1. The van der Waals surface area contributed by atoms with Crippen molar-refractivity contribution in [3.8, 4) is 11.6 Å². The zero-order valence-corrected chi connectivity index (χ0v) is 26.3. The predicted molar refractivity (Wildman–Crippen MR) is 177 cm³/mol. The molecular formula is C34H34Cl2N6O3. The summed E-state index contributed by atoms with van der Waals surface area (Å²) in [6.07, 6.45) is 8.22. The lowest BCUT2D eigenvalue weighted by Crippen LogP contribution is -2.35. The van der Waals surface area contributed by atoms with E-state index in [1.165, 1.54) is 0 Å². The summed E-state index contributed by atoms with van der Waals surface area (Å²) in [5, 5.41) is 1.55. The van der Waals surface area contributed by atoms with Crippen LogP contribution in [-0.4, -0.2) is 49.0 Å². The summed E-state index contributed by atoms with van der Waals surface area (Å²) in [6.45, 7) is 1.82. The number of benzene rings is 2. The molecule has 1 amide bonds. The number of hydrogen-bond acceptors (Lipinski definition) is 6. The summed E-state index contributed by atoms with van der Waals surface area (Å²) in [4.78, 5) is 38.9. The normalized spacial score (nSPS) is 18.9. The summed E-state index contributed by atoms with van der Waals surface area (Å²) in [7, 11) is 0. The molecule has 2 aromatic carbocycles. The smallest absolute Gasteiger partial charge is 0.330 e. The molecule has 1 saturated heterocycles. The number of fused-ring (bicyclic) bond motifs is 3. The molecule has 3 aromatic heterocycles. The molecule has 2 aliphatic rings. The highest BCUT2D eigenvalue weighted by molar-refractivity contribution is 6.42. The SMILES string of the molecule is NC1CCC(n2c(=O)n(Cc3ccc(Cl)c(Cl)c3)c3nc(Oc4ccc(C(=O)N5CCCCC5)cc4)c4cccnc4c32)CC1. The minimum atomic E-state index is -0.172. The maximum atomic E-state index is 14.3. The largest absolute Gasteiger partial charge is 0.438 e. The van der Waals surface area contributed by atoms with Crippen LogP contribution in [0.2, 0.25) is 10.0 Å². The molecule has 2 fully saturated rings. The number of nitrogens with zero attached hydrogens (tertiary/aromatic N) is 5. The number of hydrogen-bond donors (Lipinski definition) is 1. The minimum absolute atomic E-state index is 0.0291. The zero-order chi connectivity index (χ0) is 31.1. The number of nitrogens with two attached hydrogens (primary N) is 1. The minimum Gasteiger partial charge on any atom is -0.438 e. The maximum absolute atomic E-state index is 14.3. The molecule has 0 bridgehead atoms. The third kappa shape index (κ3) is 5.80. The molecule has 5 aromatic rings. The first kappa shape index (κ1) is 29.8. The van der Waals surface area contributed by atoms with Gasteiger partial charge in [0.05, 0.1) is 22.0 Å². The van der Waals surface area contributed by atoms with E-state index < -0.39 is 0 Å². The number of pyridine rings is 2. The van der Waals surface area contributed by atoms with Gasteiger partial charge in [-0.2, -0.15) is 4.98 Å². The molecule has 1 aliphatic carbocycles. The van der Waals surface area contributed by atoms with Gasteiger partial charge in [-0.05, 0) is 99.0 Å². The molecule has 0 radical (unpaired) electrons. The van der Waals surface area contributed by atoms with E-state index in [2.05, 4.69) is 0 Å². The van der Waals surface area contributed by atoms with Crippen molar-refractivity contribution >= 4 is 51.2 Å². The van der Waals surface area contributed by atoms with Crippen LogP contribution in [0.3, 0.4) is 0 Å². The van der Waals surface area contributed by atoms with Gasteiger partial charge >= 0.3 is 5.69 Å². The van der Waals surface area contributed by atoms with Crippen molar-refractivity contribution in [2.45, 2.75) is 63.6 Å². The molecule has 0 spiro atoms. The number of halogens is 2. The van der Waals surface area contributed by atoms with Crippen molar-refractivity contribution in [2.75, 3.05) is 13.1 Å². The Kier molecular flexibility index (Phi) is 8.25. The second-order valence-corrected chi connectivity index (χ2v) is 12.8. The van der Waals surface area contributed by atoms with Gasteiger partial charge in [0.1, 0.15) is 16.8 Å². The fourth-order valence-electron chi connectivity index (χ4n) is 6.60. The average molecular weight is 646 g/mol. The fourth-order valence-corrected chi connectivity index (χ4v) is 6.93. The Labute approximate surface area is 270 Å². The highest BCUT2D eigenvalue weighted by atomic mass is 35.5. The van der Waals surface area contributed by atoms with Gasteiger partial charge in [-0.25, -0.2) is 4.79 Å². The lowest BCUT2D eigenvalue weighted by molar-refractivity contribution is 0.0724. The third-order valence-electron chi connectivity index (χ3n) is 9.01. The highest BCUT2D eigenvalue weighted by Crippen LogP contribution is 2.36. The molecule has 0 unspecified atom stereocenters. The van der Waals surface area contributed by atoms with Gasteiger partial charge in [0.25, 0.3) is 5.91 Å². The second-order valence-electron chi connectivity index (χ2n) is 12.0. The van der Waals surface area contributed by atoms with Gasteiger partial charge in [-0.15, -0.1) is 0 Å². The lowest BCUT2D eigenvalue weighted by atomic mass is 9.91. The van der Waals surface area contributed by atoms with E-state index in [-0.39, 0.29) is 30.2 Å². The molecule has 0 atom stereocenters. The molecule has 7 rings (SSSR count). The third-order valence-corrected chi connectivity index (χ3v) is 9.74. The molecule has 1 aliphatic heterocycles. The van der Waals surface area contributed by atoms with Crippen LogP contribution in [-0.2, 0) is 6.54 Å². The number of rotatable bonds is 6. The summed E-state index contributed by atoms with van der Waals surface area (Å²) < 4.78 is 9.88. The van der Waals surface area contributed by atoms with E-state index in [0.29, 0.717) is 49.3 Å². The summed E-state index contributed by atoms with van der Waals surface area (Å²) in [5.41, 5.74) is 9.27. The molecule has 1 saturated carbocycles. The molecule has 2 N–H and O–H groups in total. The molecule has 4 heterocycles. The Morgan fingerprint density at radius 3 is 2.44 bits per heavy atom. The van der Waals surface area contributed by atoms with Crippen LogP contribution >= 0.6 is 23.2 Å². The first-order valence-corrected chi connectivity index (χ1v) is 16.3. The number of aromatic nitrogens is 4. The van der Waals surface area contributed by atoms with E-state index in [0.717, 1.165) is 63.6 Å². The van der Waals surface area contributed by atoms with Crippen molar-refractivity contribution in [2.24, 2.45) is 5.73 Å². The quantitative estimate of drug-likeness (QED) is 0.214. The Balaban J connectivity index is 1.32. The average Bonchev–Trinajstić information content (AvgIpc) is 3.34. The van der Waals surface area contributed by atoms with E-state index in [1.807, 2.05) is 27.7 Å². The summed E-state index contributed by atoms with van der Waals surface area (Å²) >= 11 is 12.5. The molecule has 9 nitrogen and oxygen atoms in total. The second kappa shape index (κ2) is 12.5. The number of ether oxygens (including phenoxy) is 1.